The first-order valence-electron chi connectivity index (χ1n) is 9.90. The van der Waals surface area contributed by atoms with Crippen molar-refractivity contribution in [2.24, 2.45) is 0 Å². The zero-order valence-electron chi connectivity index (χ0n) is 16.9. The van der Waals surface area contributed by atoms with Gasteiger partial charge in [-0.2, -0.15) is 0 Å². The number of carbonyl (C=O) groups is 2. The van der Waals surface area contributed by atoms with E-state index in [-0.39, 0.29) is 18.9 Å². The number of aromatic nitrogens is 1. The molecule has 0 aliphatic heterocycles. The molecule has 7 nitrogen and oxygen atoms in total. The van der Waals surface area contributed by atoms with Crippen LogP contribution >= 0.6 is 0 Å². The molecular formula is C24H22N2O5. The number of pyridine rings is 1. The Labute approximate surface area is 179 Å². The lowest BCUT2D eigenvalue weighted by Crippen LogP contribution is -2.42. The largest absolute Gasteiger partial charge is 0.481 e. The predicted molar refractivity (Wildman–Crippen MR) is 114 cm³/mol. The highest BCUT2D eigenvalue weighted by molar-refractivity contribution is 5.81. The van der Waals surface area contributed by atoms with Crippen LogP contribution in [0.2, 0.25) is 0 Å². The zero-order valence-corrected chi connectivity index (χ0v) is 16.9. The lowest BCUT2D eigenvalue weighted by molar-refractivity contribution is -0.139. The molecule has 2 aromatic carbocycles. The number of carboxylic acid groups (broad SMARTS) is 1. The molecule has 1 aliphatic carbocycles. The van der Waals surface area contributed by atoms with Crippen LogP contribution in [0.25, 0.3) is 11.1 Å². The Balaban J connectivity index is 1.43. The van der Waals surface area contributed by atoms with Crippen LogP contribution in [0.5, 0.6) is 5.88 Å². The van der Waals surface area contributed by atoms with Crippen LogP contribution in [0.3, 0.4) is 0 Å². The number of amides is 1. The van der Waals surface area contributed by atoms with E-state index < -0.39 is 18.1 Å². The molecule has 3 aromatic rings. The maximum atomic E-state index is 12.4. The average molecular weight is 418 g/mol. The minimum absolute atomic E-state index is 0.0818. The number of hydrogen-bond donors (Lipinski definition) is 2. The van der Waals surface area contributed by atoms with Crippen molar-refractivity contribution in [1.29, 1.82) is 0 Å². The number of nitrogens with one attached hydrogen (secondary N) is 1. The van der Waals surface area contributed by atoms with E-state index in [1.165, 1.54) is 13.3 Å². The second-order valence-corrected chi connectivity index (χ2v) is 7.27. The van der Waals surface area contributed by atoms with Crippen molar-refractivity contribution in [3.05, 3.63) is 83.6 Å². The van der Waals surface area contributed by atoms with E-state index in [2.05, 4.69) is 22.4 Å². The van der Waals surface area contributed by atoms with Crippen molar-refractivity contribution in [1.82, 2.24) is 10.3 Å². The highest BCUT2D eigenvalue weighted by Gasteiger charge is 2.29. The highest BCUT2D eigenvalue weighted by atomic mass is 16.5. The van der Waals surface area contributed by atoms with Gasteiger partial charge in [0.05, 0.1) is 7.11 Å². The number of fused-ring (bicyclic) bond motifs is 3. The first-order chi connectivity index (χ1) is 15.1. The first-order valence-corrected chi connectivity index (χ1v) is 9.90. The molecule has 1 amide bonds. The van der Waals surface area contributed by atoms with Crippen LogP contribution in [0.15, 0.2) is 66.9 Å². The monoisotopic (exact) mass is 418 g/mol. The number of alkyl carbamates (subject to hydrolysis) is 1. The SMILES string of the molecule is COc1cc(C[C@H](NC(=O)OCC2c3ccccc3-c3ccccc32)C(=O)O)ccn1. The summed E-state index contributed by atoms with van der Waals surface area (Å²) in [5, 5.41) is 12.0. The Morgan fingerprint density at radius 1 is 1.06 bits per heavy atom. The lowest BCUT2D eigenvalue weighted by Gasteiger charge is -2.17. The van der Waals surface area contributed by atoms with Gasteiger partial charge in [0.15, 0.2) is 0 Å². The zero-order chi connectivity index (χ0) is 21.8. The molecule has 0 fully saturated rings. The molecule has 0 saturated heterocycles. The molecule has 1 atom stereocenters. The summed E-state index contributed by atoms with van der Waals surface area (Å²) in [6, 6.07) is 18.2. The van der Waals surface area contributed by atoms with Gasteiger partial charge in [0, 0.05) is 24.6 Å². The van der Waals surface area contributed by atoms with E-state index in [9.17, 15) is 14.7 Å². The van der Waals surface area contributed by atoms with Gasteiger partial charge in [0.25, 0.3) is 0 Å². The summed E-state index contributed by atoms with van der Waals surface area (Å²) in [7, 11) is 1.48. The average Bonchev–Trinajstić information content (AvgIpc) is 3.11. The van der Waals surface area contributed by atoms with Crippen molar-refractivity contribution in [2.45, 2.75) is 18.4 Å². The van der Waals surface area contributed by atoms with Gasteiger partial charge in [0.2, 0.25) is 5.88 Å². The van der Waals surface area contributed by atoms with E-state index in [0.29, 0.717) is 11.4 Å². The van der Waals surface area contributed by atoms with Crippen LogP contribution < -0.4 is 10.1 Å². The van der Waals surface area contributed by atoms with Crippen molar-refractivity contribution < 1.29 is 24.2 Å². The Kier molecular flexibility index (Phi) is 5.84. The number of rotatable bonds is 7. The van der Waals surface area contributed by atoms with Crippen molar-refractivity contribution in [3.8, 4) is 17.0 Å². The van der Waals surface area contributed by atoms with Gasteiger partial charge in [-0.25, -0.2) is 14.6 Å². The number of nitrogens with zero attached hydrogens (tertiary/aromatic N) is 1. The minimum Gasteiger partial charge on any atom is -0.481 e. The Hall–Kier alpha value is -3.87. The maximum absolute atomic E-state index is 12.4. The summed E-state index contributed by atoms with van der Waals surface area (Å²) in [5.41, 5.74) is 5.12. The van der Waals surface area contributed by atoms with Crippen LogP contribution in [0.1, 0.15) is 22.6 Å². The molecule has 0 saturated carbocycles. The smallest absolute Gasteiger partial charge is 0.407 e. The molecule has 2 N–H and O–H groups in total. The maximum Gasteiger partial charge on any atom is 0.407 e. The number of ether oxygens (including phenoxy) is 2. The van der Waals surface area contributed by atoms with Gasteiger partial charge in [0.1, 0.15) is 12.6 Å². The van der Waals surface area contributed by atoms with E-state index in [1.54, 1.807) is 12.1 Å². The molecule has 158 valence electrons. The second kappa shape index (κ2) is 8.87. The van der Waals surface area contributed by atoms with Crippen LogP contribution in [0.4, 0.5) is 4.79 Å². The summed E-state index contributed by atoms with van der Waals surface area (Å²) < 4.78 is 10.5. The van der Waals surface area contributed by atoms with Crippen LogP contribution in [0, 0.1) is 0 Å². The third-order valence-corrected chi connectivity index (χ3v) is 5.38. The molecule has 0 bridgehead atoms. The number of methoxy groups -OCH3 is 1. The summed E-state index contributed by atoms with van der Waals surface area (Å²) in [6.45, 7) is 0.120. The Morgan fingerprint density at radius 2 is 1.71 bits per heavy atom. The number of carboxylic acids is 1. The molecule has 0 radical (unpaired) electrons. The molecule has 31 heavy (non-hydrogen) atoms. The Morgan fingerprint density at radius 3 is 2.32 bits per heavy atom. The standard InChI is InChI=1S/C24H22N2O5/c1-30-22-13-15(10-11-25-22)12-21(23(27)28)26-24(29)31-14-20-18-8-4-2-6-16(18)17-7-3-5-9-19(17)20/h2-11,13,20-21H,12,14H2,1H3,(H,26,29)(H,27,28)/t21-/m0/s1. The van der Waals surface area contributed by atoms with E-state index in [0.717, 1.165) is 22.3 Å². The third-order valence-electron chi connectivity index (χ3n) is 5.38. The topological polar surface area (TPSA) is 97.8 Å². The van der Waals surface area contributed by atoms with Gasteiger partial charge >= 0.3 is 12.1 Å². The third kappa shape index (κ3) is 4.35. The molecular weight excluding hydrogens is 396 g/mol. The summed E-state index contributed by atoms with van der Waals surface area (Å²) >= 11 is 0. The molecule has 7 heteroatoms. The van der Waals surface area contributed by atoms with E-state index in [1.807, 2.05) is 36.4 Å². The van der Waals surface area contributed by atoms with E-state index in [4.69, 9.17) is 9.47 Å². The van der Waals surface area contributed by atoms with Crippen LogP contribution in [-0.2, 0) is 16.0 Å². The van der Waals surface area contributed by atoms with Crippen molar-refractivity contribution >= 4 is 12.1 Å². The fourth-order valence-corrected chi connectivity index (χ4v) is 3.91. The summed E-state index contributed by atoms with van der Waals surface area (Å²) in [6.07, 6.45) is 0.842. The molecule has 1 aromatic heterocycles. The lowest BCUT2D eigenvalue weighted by atomic mass is 9.98. The fraction of sp³-hybridized carbons (Fsp3) is 0.208. The van der Waals surface area contributed by atoms with Gasteiger partial charge in [-0.15, -0.1) is 0 Å². The number of carbonyl (C=O) groups excluding carboxylic acids is 1. The van der Waals surface area contributed by atoms with Crippen LogP contribution in [-0.4, -0.2) is 41.9 Å². The predicted octanol–water partition coefficient (Wildman–Crippen LogP) is 3.62. The molecule has 0 spiro atoms. The van der Waals surface area contributed by atoms with Gasteiger partial charge in [-0.05, 0) is 33.9 Å². The minimum atomic E-state index is -1.15. The highest BCUT2D eigenvalue weighted by Crippen LogP contribution is 2.44. The Bertz CT molecular complexity index is 1070. The molecule has 1 heterocycles. The van der Waals surface area contributed by atoms with E-state index >= 15 is 0 Å². The summed E-state index contributed by atoms with van der Waals surface area (Å²) in [4.78, 5) is 28.1. The molecule has 1 aliphatic rings. The first kappa shape index (κ1) is 20.4. The molecule has 0 unspecified atom stereocenters. The van der Waals surface area contributed by atoms with Crippen molar-refractivity contribution in [3.63, 3.8) is 0 Å². The molecule has 4 rings (SSSR count). The quantitative estimate of drug-likeness (QED) is 0.608. The summed E-state index contributed by atoms with van der Waals surface area (Å²) in [5.74, 6) is -0.863. The fourth-order valence-electron chi connectivity index (χ4n) is 3.91. The number of benzene rings is 2. The van der Waals surface area contributed by atoms with Gasteiger partial charge in [-0.3, -0.25) is 0 Å². The number of hydrogen-bond acceptors (Lipinski definition) is 5. The van der Waals surface area contributed by atoms with Gasteiger partial charge < -0.3 is 19.9 Å². The normalized spacial score (nSPS) is 13.1. The van der Waals surface area contributed by atoms with Crippen molar-refractivity contribution in [2.75, 3.05) is 13.7 Å². The van der Waals surface area contributed by atoms with Gasteiger partial charge in [-0.1, -0.05) is 48.5 Å². The second-order valence-electron chi connectivity index (χ2n) is 7.27. The number of aliphatic carboxylic acids is 1.